The minimum absolute atomic E-state index is 0.163. The largest absolute Gasteiger partial charge is 0.346 e. The third-order valence-electron chi connectivity index (χ3n) is 3.15. The number of halogens is 1. The Bertz CT molecular complexity index is 782. The number of rotatable bonds is 3. The summed E-state index contributed by atoms with van der Waals surface area (Å²) in [6, 6.07) is 10.0. The maximum Gasteiger partial charge on any atom is 0.274 e. The summed E-state index contributed by atoms with van der Waals surface area (Å²) in [5.41, 5.74) is 1.47. The minimum Gasteiger partial charge on any atom is -0.346 e. The highest BCUT2D eigenvalue weighted by Crippen LogP contribution is 2.20. The SMILES string of the molecule is Cc1ccc(Cl)cc1NC(=O)c1cccc(C(=O)NC(C)(C)C)n1. The van der Waals surface area contributed by atoms with Crippen molar-refractivity contribution in [2.75, 3.05) is 5.32 Å². The molecule has 0 spiro atoms. The average Bonchev–Trinajstić information content (AvgIpc) is 2.49. The van der Waals surface area contributed by atoms with Gasteiger partial charge in [0.25, 0.3) is 11.8 Å². The molecule has 1 heterocycles. The molecule has 0 atom stereocenters. The first-order valence-corrected chi connectivity index (χ1v) is 7.90. The molecule has 0 fully saturated rings. The molecule has 126 valence electrons. The summed E-state index contributed by atoms with van der Waals surface area (Å²) in [4.78, 5) is 28.7. The topological polar surface area (TPSA) is 71.1 Å². The van der Waals surface area contributed by atoms with Crippen LogP contribution in [0.15, 0.2) is 36.4 Å². The lowest BCUT2D eigenvalue weighted by molar-refractivity contribution is 0.0914. The van der Waals surface area contributed by atoms with Gasteiger partial charge in [0.15, 0.2) is 0 Å². The maximum atomic E-state index is 12.4. The van der Waals surface area contributed by atoms with Gasteiger partial charge in [0.2, 0.25) is 0 Å². The van der Waals surface area contributed by atoms with Crippen molar-refractivity contribution in [2.24, 2.45) is 0 Å². The van der Waals surface area contributed by atoms with Crippen molar-refractivity contribution in [1.29, 1.82) is 0 Å². The normalized spacial score (nSPS) is 11.0. The highest BCUT2D eigenvalue weighted by Gasteiger charge is 2.18. The lowest BCUT2D eigenvalue weighted by atomic mass is 10.1. The summed E-state index contributed by atoms with van der Waals surface area (Å²) in [6.07, 6.45) is 0. The lowest BCUT2D eigenvalue weighted by Crippen LogP contribution is -2.41. The molecule has 0 aliphatic rings. The highest BCUT2D eigenvalue weighted by molar-refractivity contribution is 6.31. The van der Waals surface area contributed by atoms with Crippen LogP contribution in [0.3, 0.4) is 0 Å². The second kappa shape index (κ2) is 7.01. The fourth-order valence-corrected chi connectivity index (χ4v) is 2.18. The van der Waals surface area contributed by atoms with Crippen LogP contribution in [0.1, 0.15) is 47.3 Å². The average molecular weight is 346 g/mol. The third kappa shape index (κ3) is 4.80. The summed E-state index contributed by atoms with van der Waals surface area (Å²) in [6.45, 7) is 7.50. The molecular weight excluding hydrogens is 326 g/mol. The molecule has 0 unspecified atom stereocenters. The Balaban J connectivity index is 2.20. The van der Waals surface area contributed by atoms with Crippen molar-refractivity contribution in [3.8, 4) is 0 Å². The van der Waals surface area contributed by atoms with E-state index < -0.39 is 5.91 Å². The molecule has 24 heavy (non-hydrogen) atoms. The van der Waals surface area contributed by atoms with E-state index in [1.54, 1.807) is 30.3 Å². The van der Waals surface area contributed by atoms with Gasteiger partial charge in [0.1, 0.15) is 11.4 Å². The standard InChI is InChI=1S/C18H20ClN3O2/c1-11-8-9-12(19)10-15(11)21-16(23)13-6-5-7-14(20-13)17(24)22-18(2,3)4/h5-10H,1-4H3,(H,21,23)(H,22,24). The Morgan fingerprint density at radius 3 is 2.29 bits per heavy atom. The number of benzene rings is 1. The van der Waals surface area contributed by atoms with E-state index in [-0.39, 0.29) is 22.8 Å². The molecule has 1 aromatic carbocycles. The zero-order valence-corrected chi connectivity index (χ0v) is 14.9. The predicted molar refractivity (Wildman–Crippen MR) is 95.6 cm³/mol. The molecule has 6 heteroatoms. The summed E-state index contributed by atoms with van der Waals surface area (Å²) in [5.74, 6) is -0.720. The molecule has 5 nitrogen and oxygen atoms in total. The van der Waals surface area contributed by atoms with Crippen LogP contribution in [0.4, 0.5) is 5.69 Å². The first kappa shape index (κ1) is 17.9. The number of hydrogen-bond donors (Lipinski definition) is 2. The zero-order valence-electron chi connectivity index (χ0n) is 14.1. The number of aryl methyl sites for hydroxylation is 1. The summed E-state index contributed by atoms with van der Waals surface area (Å²) < 4.78 is 0. The van der Waals surface area contributed by atoms with Gasteiger partial charge in [-0.25, -0.2) is 4.98 Å². The van der Waals surface area contributed by atoms with Crippen LogP contribution in [0.25, 0.3) is 0 Å². The number of carbonyl (C=O) groups excluding carboxylic acids is 2. The number of nitrogens with zero attached hydrogens (tertiary/aromatic N) is 1. The molecule has 2 rings (SSSR count). The number of carbonyl (C=O) groups is 2. The van der Waals surface area contributed by atoms with Gasteiger partial charge >= 0.3 is 0 Å². The molecule has 0 radical (unpaired) electrons. The molecular formula is C18H20ClN3O2. The van der Waals surface area contributed by atoms with Gasteiger partial charge in [-0.05, 0) is 57.5 Å². The molecule has 1 aromatic heterocycles. The number of nitrogens with one attached hydrogen (secondary N) is 2. The Morgan fingerprint density at radius 1 is 1.04 bits per heavy atom. The second-order valence-corrected chi connectivity index (χ2v) is 6.96. The second-order valence-electron chi connectivity index (χ2n) is 6.53. The van der Waals surface area contributed by atoms with Gasteiger partial charge in [0, 0.05) is 16.2 Å². The van der Waals surface area contributed by atoms with Crippen LogP contribution in [0.5, 0.6) is 0 Å². The molecule has 2 N–H and O–H groups in total. The van der Waals surface area contributed by atoms with E-state index in [1.807, 2.05) is 33.8 Å². The number of hydrogen-bond acceptors (Lipinski definition) is 3. The molecule has 0 aliphatic carbocycles. The number of pyridine rings is 1. The Morgan fingerprint density at radius 2 is 1.67 bits per heavy atom. The molecule has 2 amide bonds. The van der Waals surface area contributed by atoms with Crippen LogP contribution in [0, 0.1) is 6.92 Å². The number of anilines is 1. The van der Waals surface area contributed by atoms with E-state index in [0.717, 1.165) is 5.56 Å². The van der Waals surface area contributed by atoms with E-state index in [1.165, 1.54) is 0 Å². The van der Waals surface area contributed by atoms with Gasteiger partial charge < -0.3 is 10.6 Å². The van der Waals surface area contributed by atoms with Crippen molar-refractivity contribution in [1.82, 2.24) is 10.3 Å². The summed E-state index contributed by atoms with van der Waals surface area (Å²) in [5, 5.41) is 6.11. The van der Waals surface area contributed by atoms with Gasteiger partial charge in [0.05, 0.1) is 0 Å². The van der Waals surface area contributed by atoms with Gasteiger partial charge in [-0.2, -0.15) is 0 Å². The Labute approximate surface area is 146 Å². The predicted octanol–water partition coefficient (Wildman–Crippen LogP) is 3.82. The van der Waals surface area contributed by atoms with Crippen LogP contribution >= 0.6 is 11.6 Å². The zero-order chi connectivity index (χ0) is 17.9. The van der Waals surface area contributed by atoms with Crippen molar-refractivity contribution in [3.63, 3.8) is 0 Å². The van der Waals surface area contributed by atoms with Gasteiger partial charge in [-0.3, -0.25) is 9.59 Å². The first-order valence-electron chi connectivity index (χ1n) is 7.53. The minimum atomic E-state index is -0.397. The monoisotopic (exact) mass is 345 g/mol. The highest BCUT2D eigenvalue weighted by atomic mass is 35.5. The van der Waals surface area contributed by atoms with Crippen LogP contribution in [-0.4, -0.2) is 22.3 Å². The van der Waals surface area contributed by atoms with Crippen molar-refractivity contribution < 1.29 is 9.59 Å². The summed E-state index contributed by atoms with van der Waals surface area (Å²) in [7, 11) is 0. The van der Waals surface area contributed by atoms with Crippen LogP contribution < -0.4 is 10.6 Å². The van der Waals surface area contributed by atoms with E-state index >= 15 is 0 Å². The fraction of sp³-hybridized carbons (Fsp3) is 0.278. The van der Waals surface area contributed by atoms with E-state index in [0.29, 0.717) is 10.7 Å². The van der Waals surface area contributed by atoms with E-state index in [2.05, 4.69) is 15.6 Å². The summed E-state index contributed by atoms with van der Waals surface area (Å²) >= 11 is 5.95. The first-order chi connectivity index (χ1) is 11.2. The van der Waals surface area contributed by atoms with Crippen LogP contribution in [-0.2, 0) is 0 Å². The molecule has 0 saturated carbocycles. The molecule has 0 saturated heterocycles. The quantitative estimate of drug-likeness (QED) is 0.888. The molecule has 0 bridgehead atoms. The maximum absolute atomic E-state index is 12.4. The Hall–Kier alpha value is -2.40. The third-order valence-corrected chi connectivity index (χ3v) is 3.39. The molecule has 2 aromatic rings. The smallest absolute Gasteiger partial charge is 0.274 e. The number of amides is 2. The fourth-order valence-electron chi connectivity index (χ4n) is 2.01. The lowest BCUT2D eigenvalue weighted by Gasteiger charge is -2.20. The van der Waals surface area contributed by atoms with Crippen molar-refractivity contribution in [2.45, 2.75) is 33.2 Å². The van der Waals surface area contributed by atoms with Gasteiger partial charge in [-0.15, -0.1) is 0 Å². The van der Waals surface area contributed by atoms with E-state index in [4.69, 9.17) is 11.6 Å². The molecule has 0 aliphatic heterocycles. The van der Waals surface area contributed by atoms with Gasteiger partial charge in [-0.1, -0.05) is 23.7 Å². The van der Waals surface area contributed by atoms with Crippen molar-refractivity contribution in [3.05, 3.63) is 58.4 Å². The number of aromatic nitrogens is 1. The van der Waals surface area contributed by atoms with Crippen LogP contribution in [0.2, 0.25) is 5.02 Å². The Kier molecular flexibility index (Phi) is 5.24. The van der Waals surface area contributed by atoms with E-state index in [9.17, 15) is 9.59 Å². The van der Waals surface area contributed by atoms with Crippen molar-refractivity contribution >= 4 is 29.1 Å².